The van der Waals surface area contributed by atoms with Crippen LogP contribution in [0.1, 0.15) is 45.0 Å². The van der Waals surface area contributed by atoms with Crippen LogP contribution in [0.3, 0.4) is 0 Å². The maximum atomic E-state index is 13.8. The number of imidazole rings is 1. The molecule has 1 unspecified atom stereocenters. The molecule has 0 bridgehead atoms. The molecule has 1 aliphatic carbocycles. The zero-order chi connectivity index (χ0) is 14.5. The number of halogens is 3. The molecule has 0 radical (unpaired) electrons. The van der Waals surface area contributed by atoms with E-state index < -0.39 is 5.82 Å². The molecular formula is C15H17Cl2FN2. The van der Waals surface area contributed by atoms with Gasteiger partial charge < -0.3 is 4.57 Å². The van der Waals surface area contributed by atoms with Crippen LogP contribution in [0.2, 0.25) is 5.02 Å². The fourth-order valence-corrected chi connectivity index (χ4v) is 3.72. The molecule has 20 heavy (non-hydrogen) atoms. The molecule has 1 aliphatic rings. The van der Waals surface area contributed by atoms with Gasteiger partial charge in [-0.05, 0) is 24.3 Å². The van der Waals surface area contributed by atoms with Crippen LogP contribution < -0.4 is 0 Å². The first-order valence-corrected chi connectivity index (χ1v) is 7.77. The van der Waals surface area contributed by atoms with Crippen molar-refractivity contribution >= 4 is 34.2 Å². The zero-order valence-corrected chi connectivity index (χ0v) is 13.1. The fourth-order valence-electron chi connectivity index (χ4n) is 3.37. The number of aromatic nitrogens is 2. The van der Waals surface area contributed by atoms with Gasteiger partial charge in [-0.2, -0.15) is 0 Å². The Hall–Kier alpha value is -0.800. The van der Waals surface area contributed by atoms with Crippen LogP contribution in [0.25, 0.3) is 11.0 Å². The Balaban J connectivity index is 2.25. The van der Waals surface area contributed by atoms with Gasteiger partial charge in [-0.15, -0.1) is 11.6 Å². The molecule has 108 valence electrons. The quantitative estimate of drug-likeness (QED) is 0.686. The Morgan fingerprint density at radius 2 is 2.20 bits per heavy atom. The van der Waals surface area contributed by atoms with E-state index in [9.17, 15) is 4.39 Å². The third-order valence-corrected chi connectivity index (χ3v) is 4.97. The van der Waals surface area contributed by atoms with Crippen molar-refractivity contribution in [2.45, 2.75) is 45.0 Å². The van der Waals surface area contributed by atoms with Crippen LogP contribution in [-0.4, -0.2) is 9.55 Å². The van der Waals surface area contributed by atoms with Crippen LogP contribution in [-0.2, 0) is 5.88 Å². The number of alkyl halides is 1. The monoisotopic (exact) mass is 314 g/mol. The molecule has 2 aromatic rings. The molecule has 0 spiro atoms. The molecule has 0 amide bonds. The van der Waals surface area contributed by atoms with Crippen LogP contribution in [0.5, 0.6) is 0 Å². The lowest BCUT2D eigenvalue weighted by molar-refractivity contribution is 0.262. The van der Waals surface area contributed by atoms with Gasteiger partial charge in [0.15, 0.2) is 0 Å². The topological polar surface area (TPSA) is 17.8 Å². The summed E-state index contributed by atoms with van der Waals surface area (Å²) in [6.07, 6.45) is 3.41. The summed E-state index contributed by atoms with van der Waals surface area (Å²) >= 11 is 11.9. The molecular weight excluding hydrogens is 298 g/mol. The normalized spacial score (nSPS) is 21.8. The summed E-state index contributed by atoms with van der Waals surface area (Å²) in [5, 5.41) is 0.106. The first kappa shape index (κ1) is 14.2. The van der Waals surface area contributed by atoms with Crippen molar-refractivity contribution in [2.24, 2.45) is 5.41 Å². The average molecular weight is 315 g/mol. The molecule has 1 fully saturated rings. The van der Waals surface area contributed by atoms with Crippen molar-refractivity contribution < 1.29 is 4.39 Å². The average Bonchev–Trinajstić information content (AvgIpc) is 2.89. The molecule has 1 aromatic heterocycles. The molecule has 1 atom stereocenters. The number of fused-ring (bicyclic) bond motifs is 1. The van der Waals surface area contributed by atoms with E-state index in [-0.39, 0.29) is 10.4 Å². The Bertz CT molecular complexity index is 663. The van der Waals surface area contributed by atoms with Gasteiger partial charge in [0, 0.05) is 12.1 Å². The van der Waals surface area contributed by atoms with Gasteiger partial charge in [0.25, 0.3) is 0 Å². The molecule has 1 heterocycles. The second kappa shape index (κ2) is 4.88. The number of benzene rings is 1. The second-order valence-electron chi connectivity index (χ2n) is 6.18. The van der Waals surface area contributed by atoms with Gasteiger partial charge in [-0.1, -0.05) is 31.9 Å². The van der Waals surface area contributed by atoms with Gasteiger partial charge in [0.05, 0.1) is 21.9 Å². The summed E-state index contributed by atoms with van der Waals surface area (Å²) in [5.74, 6) is 0.709. The van der Waals surface area contributed by atoms with Crippen molar-refractivity contribution in [1.29, 1.82) is 0 Å². The largest absolute Gasteiger partial charge is 0.323 e. The van der Waals surface area contributed by atoms with E-state index in [0.29, 0.717) is 11.9 Å². The highest BCUT2D eigenvalue weighted by atomic mass is 35.5. The van der Waals surface area contributed by atoms with Gasteiger partial charge in [-0.25, -0.2) is 9.37 Å². The highest BCUT2D eigenvalue weighted by Gasteiger charge is 2.37. The van der Waals surface area contributed by atoms with E-state index >= 15 is 0 Å². The summed E-state index contributed by atoms with van der Waals surface area (Å²) in [7, 11) is 0. The zero-order valence-electron chi connectivity index (χ0n) is 11.6. The van der Waals surface area contributed by atoms with Crippen LogP contribution in [0.15, 0.2) is 12.1 Å². The van der Waals surface area contributed by atoms with Crippen molar-refractivity contribution in [2.75, 3.05) is 0 Å². The lowest BCUT2D eigenvalue weighted by Crippen LogP contribution is -2.23. The molecule has 5 heteroatoms. The van der Waals surface area contributed by atoms with Crippen molar-refractivity contribution in [3.05, 3.63) is 28.8 Å². The third-order valence-electron chi connectivity index (χ3n) is 4.44. The Morgan fingerprint density at radius 1 is 1.45 bits per heavy atom. The molecule has 1 saturated carbocycles. The maximum Gasteiger partial charge on any atom is 0.144 e. The Morgan fingerprint density at radius 3 is 2.80 bits per heavy atom. The summed E-state index contributed by atoms with van der Waals surface area (Å²) in [6.45, 7) is 4.50. The number of hydrogen-bond donors (Lipinski definition) is 0. The predicted octanol–water partition coefficient (Wildman–Crippen LogP) is 5.32. The molecule has 0 saturated heterocycles. The lowest BCUT2D eigenvalue weighted by Gasteiger charge is -2.30. The standard InChI is InChI=1S/C15H17Cl2FN2/c1-15(2)5-3-4-13(15)20-12-7-10(18)9(17)6-11(12)19-14(20)8-16/h6-7,13H,3-5,8H2,1-2H3. The van der Waals surface area contributed by atoms with Gasteiger partial charge in [-0.3, -0.25) is 0 Å². The summed E-state index contributed by atoms with van der Waals surface area (Å²) in [5.41, 5.74) is 1.68. The van der Waals surface area contributed by atoms with Crippen LogP contribution in [0.4, 0.5) is 4.39 Å². The van der Waals surface area contributed by atoms with E-state index in [1.165, 1.54) is 12.5 Å². The lowest BCUT2D eigenvalue weighted by atomic mass is 9.87. The van der Waals surface area contributed by atoms with Gasteiger partial charge in [0.2, 0.25) is 0 Å². The minimum atomic E-state index is -0.405. The maximum absolute atomic E-state index is 13.8. The first-order valence-electron chi connectivity index (χ1n) is 6.86. The highest BCUT2D eigenvalue weighted by molar-refractivity contribution is 6.31. The minimum Gasteiger partial charge on any atom is -0.323 e. The summed E-state index contributed by atoms with van der Waals surface area (Å²) in [4.78, 5) is 4.52. The fraction of sp³-hybridized carbons (Fsp3) is 0.533. The summed E-state index contributed by atoms with van der Waals surface area (Å²) < 4.78 is 15.9. The minimum absolute atomic E-state index is 0.106. The SMILES string of the molecule is CC1(C)CCCC1n1c(CCl)nc2cc(Cl)c(F)cc21. The van der Waals surface area contributed by atoms with Crippen LogP contribution >= 0.6 is 23.2 Å². The van der Waals surface area contributed by atoms with E-state index in [1.807, 2.05) is 0 Å². The van der Waals surface area contributed by atoms with E-state index in [2.05, 4.69) is 23.4 Å². The third kappa shape index (κ3) is 2.11. The van der Waals surface area contributed by atoms with Gasteiger partial charge in [0.1, 0.15) is 11.6 Å². The Labute approximate surface area is 127 Å². The molecule has 3 rings (SSSR count). The number of hydrogen-bond acceptors (Lipinski definition) is 1. The number of nitrogens with zero attached hydrogens (tertiary/aromatic N) is 2. The van der Waals surface area contributed by atoms with Crippen molar-refractivity contribution in [3.8, 4) is 0 Å². The predicted molar refractivity (Wildman–Crippen MR) is 80.9 cm³/mol. The van der Waals surface area contributed by atoms with E-state index in [4.69, 9.17) is 23.2 Å². The van der Waals surface area contributed by atoms with Crippen LogP contribution in [0, 0.1) is 11.2 Å². The molecule has 2 nitrogen and oxygen atoms in total. The van der Waals surface area contributed by atoms with Crippen molar-refractivity contribution in [1.82, 2.24) is 9.55 Å². The first-order chi connectivity index (χ1) is 9.44. The summed E-state index contributed by atoms with van der Waals surface area (Å²) in [6, 6.07) is 3.37. The second-order valence-corrected chi connectivity index (χ2v) is 6.86. The van der Waals surface area contributed by atoms with E-state index in [0.717, 1.165) is 29.7 Å². The van der Waals surface area contributed by atoms with E-state index in [1.54, 1.807) is 6.07 Å². The smallest absolute Gasteiger partial charge is 0.144 e. The molecule has 1 aromatic carbocycles. The molecule has 0 N–H and O–H groups in total. The molecule has 0 aliphatic heterocycles. The Kier molecular flexibility index (Phi) is 3.46. The number of rotatable bonds is 2. The van der Waals surface area contributed by atoms with Gasteiger partial charge >= 0.3 is 0 Å². The van der Waals surface area contributed by atoms with Crippen molar-refractivity contribution in [3.63, 3.8) is 0 Å². The highest BCUT2D eigenvalue weighted by Crippen LogP contribution is 2.47.